The summed E-state index contributed by atoms with van der Waals surface area (Å²) in [6, 6.07) is 17.1. The Hall–Kier alpha value is -3.41. The molecule has 0 aliphatic carbocycles. The number of anilines is 1. The summed E-state index contributed by atoms with van der Waals surface area (Å²) in [6.45, 7) is 6.37. The highest BCUT2D eigenvalue weighted by molar-refractivity contribution is 6.02. The molecule has 0 saturated carbocycles. The fraction of sp³-hybridized carbons (Fsp3) is 0.261. The quantitative estimate of drug-likeness (QED) is 0.607. The average Bonchev–Trinajstić information content (AvgIpc) is 3.04. The first-order valence-corrected chi connectivity index (χ1v) is 9.65. The second kappa shape index (κ2) is 9.19. The zero-order chi connectivity index (χ0) is 20.8. The van der Waals surface area contributed by atoms with Gasteiger partial charge in [0.2, 0.25) is 5.91 Å². The van der Waals surface area contributed by atoms with E-state index in [1.54, 1.807) is 23.7 Å². The van der Waals surface area contributed by atoms with E-state index in [-0.39, 0.29) is 18.9 Å². The molecule has 0 fully saturated rings. The van der Waals surface area contributed by atoms with Crippen LogP contribution in [0.1, 0.15) is 35.1 Å². The van der Waals surface area contributed by atoms with Crippen LogP contribution in [0.5, 0.6) is 0 Å². The van der Waals surface area contributed by atoms with E-state index in [9.17, 15) is 9.59 Å². The maximum absolute atomic E-state index is 12.5. The van der Waals surface area contributed by atoms with Crippen molar-refractivity contribution in [2.24, 2.45) is 0 Å². The largest absolute Gasteiger partial charge is 0.462 e. The van der Waals surface area contributed by atoms with Crippen molar-refractivity contribution in [1.82, 2.24) is 9.78 Å². The monoisotopic (exact) mass is 391 g/mol. The highest BCUT2D eigenvalue weighted by Gasteiger charge is 2.16. The summed E-state index contributed by atoms with van der Waals surface area (Å²) in [6.07, 6.45) is 0.255. The van der Waals surface area contributed by atoms with Crippen molar-refractivity contribution in [3.05, 3.63) is 71.5 Å². The number of benzene rings is 2. The number of esters is 1. The zero-order valence-corrected chi connectivity index (χ0v) is 16.9. The molecule has 29 heavy (non-hydrogen) atoms. The van der Waals surface area contributed by atoms with Crippen LogP contribution < -0.4 is 5.32 Å². The van der Waals surface area contributed by atoms with Crippen molar-refractivity contribution >= 4 is 17.6 Å². The SMILES string of the molecule is CCOC(=O)c1cc(-c2ccccc2)ccc1NC(=O)CCn1nc(C)cc1C. The van der Waals surface area contributed by atoms with Crippen LogP contribution >= 0.6 is 0 Å². The van der Waals surface area contributed by atoms with Gasteiger partial charge in [0.25, 0.3) is 0 Å². The minimum atomic E-state index is -0.459. The number of hydrogen-bond donors (Lipinski definition) is 1. The number of rotatable bonds is 7. The minimum absolute atomic E-state index is 0.185. The van der Waals surface area contributed by atoms with Crippen LogP contribution in [0, 0.1) is 13.8 Å². The van der Waals surface area contributed by atoms with Crippen molar-refractivity contribution in [2.75, 3.05) is 11.9 Å². The minimum Gasteiger partial charge on any atom is -0.462 e. The molecule has 0 atom stereocenters. The van der Waals surface area contributed by atoms with Gasteiger partial charge >= 0.3 is 5.97 Å². The number of amides is 1. The van der Waals surface area contributed by atoms with Gasteiger partial charge < -0.3 is 10.1 Å². The van der Waals surface area contributed by atoms with Crippen LogP contribution in [-0.2, 0) is 16.1 Å². The summed E-state index contributed by atoms with van der Waals surface area (Å²) in [5.74, 6) is -0.644. The van der Waals surface area contributed by atoms with E-state index in [0.717, 1.165) is 22.5 Å². The van der Waals surface area contributed by atoms with E-state index in [2.05, 4.69) is 10.4 Å². The lowest BCUT2D eigenvalue weighted by Crippen LogP contribution is -2.18. The van der Waals surface area contributed by atoms with Crippen LogP contribution in [0.2, 0.25) is 0 Å². The summed E-state index contributed by atoms with van der Waals surface area (Å²) in [4.78, 5) is 25.0. The Morgan fingerprint density at radius 3 is 2.45 bits per heavy atom. The van der Waals surface area contributed by atoms with Crippen molar-refractivity contribution in [2.45, 2.75) is 33.7 Å². The molecule has 0 aliphatic heterocycles. The second-order valence-electron chi connectivity index (χ2n) is 6.80. The molecule has 0 radical (unpaired) electrons. The molecule has 2 aromatic carbocycles. The Balaban J connectivity index is 1.78. The first-order chi connectivity index (χ1) is 14.0. The van der Waals surface area contributed by atoms with Crippen LogP contribution in [0.25, 0.3) is 11.1 Å². The van der Waals surface area contributed by atoms with E-state index in [1.165, 1.54) is 0 Å². The first kappa shape index (κ1) is 20.3. The van der Waals surface area contributed by atoms with Crippen molar-refractivity contribution in [3.8, 4) is 11.1 Å². The van der Waals surface area contributed by atoms with Crippen LogP contribution in [0.3, 0.4) is 0 Å². The van der Waals surface area contributed by atoms with Crippen LogP contribution in [0.15, 0.2) is 54.6 Å². The number of nitrogens with zero attached hydrogens (tertiary/aromatic N) is 2. The molecular weight excluding hydrogens is 366 g/mol. The zero-order valence-electron chi connectivity index (χ0n) is 16.9. The fourth-order valence-corrected chi connectivity index (χ4v) is 3.16. The van der Waals surface area contributed by atoms with Gasteiger partial charge in [-0.3, -0.25) is 9.48 Å². The molecule has 1 N–H and O–H groups in total. The number of aryl methyl sites for hydroxylation is 3. The number of ether oxygens (including phenoxy) is 1. The lowest BCUT2D eigenvalue weighted by atomic mass is 10.0. The lowest BCUT2D eigenvalue weighted by Gasteiger charge is -2.13. The highest BCUT2D eigenvalue weighted by atomic mass is 16.5. The Morgan fingerprint density at radius 2 is 1.79 bits per heavy atom. The Labute approximate surface area is 170 Å². The van der Waals surface area contributed by atoms with Crippen molar-refractivity contribution in [1.29, 1.82) is 0 Å². The van der Waals surface area contributed by atoms with Gasteiger partial charge in [-0.15, -0.1) is 0 Å². The van der Waals surface area contributed by atoms with E-state index in [0.29, 0.717) is 17.8 Å². The number of hydrogen-bond acceptors (Lipinski definition) is 4. The molecule has 0 bridgehead atoms. The van der Waals surface area contributed by atoms with Gasteiger partial charge in [0, 0.05) is 18.7 Å². The van der Waals surface area contributed by atoms with E-state index in [1.807, 2.05) is 56.3 Å². The maximum atomic E-state index is 12.5. The third kappa shape index (κ3) is 5.10. The van der Waals surface area contributed by atoms with Gasteiger partial charge in [-0.25, -0.2) is 4.79 Å². The van der Waals surface area contributed by atoms with E-state index in [4.69, 9.17) is 4.74 Å². The fourth-order valence-electron chi connectivity index (χ4n) is 3.16. The molecule has 150 valence electrons. The normalized spacial score (nSPS) is 10.6. The molecule has 6 heteroatoms. The third-order valence-corrected chi connectivity index (χ3v) is 4.55. The first-order valence-electron chi connectivity index (χ1n) is 9.65. The number of nitrogens with one attached hydrogen (secondary N) is 1. The molecule has 6 nitrogen and oxygen atoms in total. The molecule has 0 unspecified atom stereocenters. The number of aromatic nitrogens is 2. The van der Waals surface area contributed by atoms with E-state index >= 15 is 0 Å². The van der Waals surface area contributed by atoms with E-state index < -0.39 is 5.97 Å². The van der Waals surface area contributed by atoms with Gasteiger partial charge in [-0.1, -0.05) is 36.4 Å². The molecule has 0 spiro atoms. The Kier molecular flexibility index (Phi) is 6.44. The lowest BCUT2D eigenvalue weighted by molar-refractivity contribution is -0.116. The van der Waals surface area contributed by atoms with Gasteiger partial charge in [0.15, 0.2) is 0 Å². The van der Waals surface area contributed by atoms with Crippen LogP contribution in [0.4, 0.5) is 5.69 Å². The molecule has 3 rings (SSSR count). The smallest absolute Gasteiger partial charge is 0.340 e. The maximum Gasteiger partial charge on any atom is 0.340 e. The number of carbonyl (C=O) groups excluding carboxylic acids is 2. The highest BCUT2D eigenvalue weighted by Crippen LogP contribution is 2.26. The summed E-state index contributed by atoms with van der Waals surface area (Å²) >= 11 is 0. The topological polar surface area (TPSA) is 73.2 Å². The summed E-state index contributed by atoms with van der Waals surface area (Å²) in [5.41, 5.74) is 4.59. The van der Waals surface area contributed by atoms with Crippen LogP contribution in [-0.4, -0.2) is 28.3 Å². The summed E-state index contributed by atoms with van der Waals surface area (Å²) in [5, 5.41) is 7.21. The van der Waals surface area contributed by atoms with Gasteiger partial charge in [-0.05, 0) is 50.1 Å². The molecular formula is C23H25N3O3. The Bertz CT molecular complexity index is 1010. The Morgan fingerprint density at radius 1 is 1.03 bits per heavy atom. The van der Waals surface area contributed by atoms with Gasteiger partial charge in [0.1, 0.15) is 0 Å². The predicted octanol–water partition coefficient (Wildman–Crippen LogP) is 4.37. The molecule has 1 amide bonds. The third-order valence-electron chi connectivity index (χ3n) is 4.55. The van der Waals surface area contributed by atoms with Gasteiger partial charge in [-0.2, -0.15) is 5.10 Å². The standard InChI is InChI=1S/C23H25N3O3/c1-4-29-23(28)20-15-19(18-8-6-5-7-9-18)10-11-21(20)24-22(27)12-13-26-17(3)14-16(2)25-26/h5-11,14-15H,4,12-13H2,1-3H3,(H,24,27). The molecule has 3 aromatic rings. The molecule has 0 saturated heterocycles. The summed E-state index contributed by atoms with van der Waals surface area (Å²) in [7, 11) is 0. The second-order valence-corrected chi connectivity index (χ2v) is 6.80. The van der Waals surface area contributed by atoms with Crippen molar-refractivity contribution in [3.63, 3.8) is 0 Å². The molecule has 1 aromatic heterocycles. The summed E-state index contributed by atoms with van der Waals surface area (Å²) < 4.78 is 6.99. The van der Waals surface area contributed by atoms with Gasteiger partial charge in [0.05, 0.1) is 23.6 Å². The predicted molar refractivity (Wildman–Crippen MR) is 113 cm³/mol. The van der Waals surface area contributed by atoms with Crippen molar-refractivity contribution < 1.29 is 14.3 Å². The average molecular weight is 391 g/mol. The molecule has 0 aliphatic rings. The number of carbonyl (C=O) groups is 2. The molecule has 1 heterocycles.